The Morgan fingerprint density at radius 2 is 2.08 bits per heavy atom. The Morgan fingerprint density at radius 1 is 1.28 bits per heavy atom. The highest BCUT2D eigenvalue weighted by Crippen LogP contribution is 2.28. The summed E-state index contributed by atoms with van der Waals surface area (Å²) in [5, 5.41) is 3.19. The van der Waals surface area contributed by atoms with E-state index in [1.165, 1.54) is 17.4 Å². The monoisotopic (exact) mass is 376 g/mol. The van der Waals surface area contributed by atoms with Crippen molar-refractivity contribution in [3.05, 3.63) is 48.3 Å². The van der Waals surface area contributed by atoms with Crippen LogP contribution in [0.25, 0.3) is 10.2 Å². The third-order valence-electron chi connectivity index (χ3n) is 3.49. The number of anilines is 1. The number of methoxy groups -OCH3 is 1. The van der Waals surface area contributed by atoms with Crippen LogP contribution in [-0.2, 0) is 4.79 Å². The van der Waals surface area contributed by atoms with Crippen LogP contribution in [0.3, 0.4) is 0 Å². The maximum Gasteiger partial charge on any atom is 0.226 e. The number of rotatable bonds is 7. The molecule has 0 spiro atoms. The number of thioether (sulfide) groups is 1. The SMILES string of the molecule is COc1ccc(SCCCC(=O)Nc2nc3c(F)cccc3s2)cc1. The summed E-state index contributed by atoms with van der Waals surface area (Å²) in [6.07, 6.45) is 1.16. The maximum atomic E-state index is 13.6. The Labute approximate surface area is 153 Å². The first kappa shape index (κ1) is 17.7. The quantitative estimate of drug-likeness (QED) is 0.468. The average molecular weight is 376 g/mol. The van der Waals surface area contributed by atoms with Crippen LogP contribution in [0.15, 0.2) is 47.4 Å². The Bertz CT molecular complexity index is 865. The molecule has 0 fully saturated rings. The molecule has 0 aliphatic rings. The molecule has 0 unspecified atom stereocenters. The van der Waals surface area contributed by atoms with Crippen LogP contribution in [0.4, 0.5) is 9.52 Å². The highest BCUT2D eigenvalue weighted by Gasteiger charge is 2.10. The lowest BCUT2D eigenvalue weighted by molar-refractivity contribution is -0.116. The summed E-state index contributed by atoms with van der Waals surface area (Å²) in [6.45, 7) is 0. The molecule has 1 N–H and O–H groups in total. The van der Waals surface area contributed by atoms with Crippen LogP contribution in [0.5, 0.6) is 5.75 Å². The third kappa shape index (κ3) is 4.70. The summed E-state index contributed by atoms with van der Waals surface area (Å²) in [4.78, 5) is 17.3. The minimum atomic E-state index is -0.370. The average Bonchev–Trinajstić information content (AvgIpc) is 3.03. The van der Waals surface area contributed by atoms with Gasteiger partial charge in [-0.2, -0.15) is 0 Å². The largest absolute Gasteiger partial charge is 0.497 e. The van der Waals surface area contributed by atoms with E-state index in [4.69, 9.17) is 4.74 Å². The highest BCUT2D eigenvalue weighted by atomic mass is 32.2. The number of nitrogens with zero attached hydrogens (tertiary/aromatic N) is 1. The maximum absolute atomic E-state index is 13.6. The molecule has 1 heterocycles. The Balaban J connectivity index is 1.45. The first-order valence-corrected chi connectivity index (χ1v) is 9.57. The summed E-state index contributed by atoms with van der Waals surface area (Å²) in [5.74, 6) is 1.20. The zero-order valence-corrected chi connectivity index (χ0v) is 15.3. The zero-order chi connectivity index (χ0) is 17.6. The summed E-state index contributed by atoms with van der Waals surface area (Å²) < 4.78 is 19.5. The lowest BCUT2D eigenvalue weighted by atomic mass is 10.3. The molecule has 0 saturated carbocycles. The second kappa shape index (κ2) is 8.31. The topological polar surface area (TPSA) is 51.2 Å². The van der Waals surface area contributed by atoms with Gasteiger partial charge in [-0.1, -0.05) is 17.4 Å². The van der Waals surface area contributed by atoms with Gasteiger partial charge in [0.1, 0.15) is 17.1 Å². The minimum Gasteiger partial charge on any atom is -0.497 e. The molecule has 3 aromatic rings. The highest BCUT2D eigenvalue weighted by molar-refractivity contribution is 7.99. The van der Waals surface area contributed by atoms with Gasteiger partial charge in [-0.3, -0.25) is 4.79 Å². The molecule has 130 valence electrons. The minimum absolute atomic E-state index is 0.102. The van der Waals surface area contributed by atoms with E-state index >= 15 is 0 Å². The predicted octanol–water partition coefficient (Wildman–Crippen LogP) is 4.96. The normalized spacial score (nSPS) is 10.8. The Kier molecular flexibility index (Phi) is 5.88. The molecule has 0 bridgehead atoms. The number of fused-ring (bicyclic) bond motifs is 1. The van der Waals surface area contributed by atoms with Gasteiger partial charge in [0, 0.05) is 11.3 Å². The van der Waals surface area contributed by atoms with Gasteiger partial charge >= 0.3 is 0 Å². The lowest BCUT2D eigenvalue weighted by Crippen LogP contribution is -2.11. The van der Waals surface area contributed by atoms with Crippen LogP contribution >= 0.6 is 23.1 Å². The van der Waals surface area contributed by atoms with Crippen molar-refractivity contribution in [2.75, 3.05) is 18.2 Å². The van der Waals surface area contributed by atoms with E-state index in [-0.39, 0.29) is 11.7 Å². The molecule has 1 aromatic heterocycles. The van der Waals surface area contributed by atoms with Crippen LogP contribution < -0.4 is 10.1 Å². The number of hydrogen-bond acceptors (Lipinski definition) is 5. The number of carbonyl (C=O) groups excluding carboxylic acids is 1. The molecule has 0 aliphatic carbocycles. The van der Waals surface area contributed by atoms with Crippen LogP contribution in [-0.4, -0.2) is 23.8 Å². The van der Waals surface area contributed by atoms with Crippen molar-refractivity contribution in [1.82, 2.24) is 4.98 Å². The molecule has 0 radical (unpaired) electrons. The first-order valence-electron chi connectivity index (χ1n) is 7.77. The number of thiazole rings is 1. The first-order chi connectivity index (χ1) is 12.2. The van der Waals surface area contributed by atoms with Gasteiger partial charge in [0.25, 0.3) is 0 Å². The van der Waals surface area contributed by atoms with Gasteiger partial charge in [0.2, 0.25) is 5.91 Å². The molecule has 2 aromatic carbocycles. The number of carbonyl (C=O) groups is 1. The van der Waals surface area contributed by atoms with Gasteiger partial charge in [-0.15, -0.1) is 11.8 Å². The molecule has 0 atom stereocenters. The van der Waals surface area contributed by atoms with Crippen LogP contribution in [0.2, 0.25) is 0 Å². The van der Waals surface area contributed by atoms with Gasteiger partial charge in [-0.05, 0) is 48.6 Å². The molecule has 0 aliphatic heterocycles. The molecule has 1 amide bonds. The van der Waals surface area contributed by atoms with E-state index in [9.17, 15) is 9.18 Å². The predicted molar refractivity (Wildman–Crippen MR) is 101 cm³/mol. The molecule has 0 saturated heterocycles. The number of halogens is 1. The van der Waals surface area contributed by atoms with Crippen molar-refractivity contribution < 1.29 is 13.9 Å². The van der Waals surface area contributed by atoms with Gasteiger partial charge in [0.05, 0.1) is 11.8 Å². The summed E-state index contributed by atoms with van der Waals surface area (Å²) in [6, 6.07) is 12.6. The van der Waals surface area contributed by atoms with Crippen molar-refractivity contribution in [2.45, 2.75) is 17.7 Å². The summed E-state index contributed by atoms with van der Waals surface area (Å²) in [7, 11) is 1.64. The third-order valence-corrected chi connectivity index (χ3v) is 5.53. The van der Waals surface area contributed by atoms with Crippen molar-refractivity contribution >= 4 is 44.4 Å². The molecular formula is C18H17FN2O2S2. The molecule has 25 heavy (non-hydrogen) atoms. The fourth-order valence-corrected chi connectivity index (χ4v) is 3.99. The van der Waals surface area contributed by atoms with E-state index in [1.807, 2.05) is 24.3 Å². The zero-order valence-electron chi connectivity index (χ0n) is 13.6. The molecule has 4 nitrogen and oxygen atoms in total. The van der Waals surface area contributed by atoms with Crippen LogP contribution in [0, 0.1) is 5.82 Å². The van der Waals surface area contributed by atoms with E-state index in [2.05, 4.69) is 10.3 Å². The number of nitrogens with one attached hydrogen (secondary N) is 1. The summed E-state index contributed by atoms with van der Waals surface area (Å²) >= 11 is 2.97. The van der Waals surface area contributed by atoms with Gasteiger partial charge < -0.3 is 10.1 Å². The van der Waals surface area contributed by atoms with Crippen molar-refractivity contribution in [3.63, 3.8) is 0 Å². The number of amides is 1. The van der Waals surface area contributed by atoms with Crippen molar-refractivity contribution in [3.8, 4) is 5.75 Å². The number of ether oxygens (including phenoxy) is 1. The van der Waals surface area contributed by atoms with Gasteiger partial charge in [0.15, 0.2) is 5.13 Å². The van der Waals surface area contributed by atoms with E-state index < -0.39 is 0 Å². The van der Waals surface area contributed by atoms with E-state index in [0.29, 0.717) is 17.1 Å². The number of aromatic nitrogens is 1. The smallest absolute Gasteiger partial charge is 0.226 e. The number of para-hydroxylation sites is 1. The van der Waals surface area contributed by atoms with Crippen molar-refractivity contribution in [1.29, 1.82) is 0 Å². The van der Waals surface area contributed by atoms with Crippen molar-refractivity contribution in [2.24, 2.45) is 0 Å². The fraction of sp³-hybridized carbons (Fsp3) is 0.222. The Hall–Kier alpha value is -2.12. The second-order valence-electron chi connectivity index (χ2n) is 5.28. The van der Waals surface area contributed by atoms with E-state index in [0.717, 1.165) is 27.5 Å². The van der Waals surface area contributed by atoms with Crippen LogP contribution in [0.1, 0.15) is 12.8 Å². The molecule has 7 heteroatoms. The van der Waals surface area contributed by atoms with Gasteiger partial charge in [-0.25, -0.2) is 9.37 Å². The summed E-state index contributed by atoms with van der Waals surface area (Å²) in [5.41, 5.74) is 0.304. The fourth-order valence-electron chi connectivity index (χ4n) is 2.24. The molecular weight excluding hydrogens is 359 g/mol. The lowest BCUT2D eigenvalue weighted by Gasteiger charge is -2.04. The molecule has 3 rings (SSSR count). The van der Waals surface area contributed by atoms with E-state index in [1.54, 1.807) is 31.0 Å². The standard InChI is InChI=1S/C18H17FN2O2S2/c1-23-12-7-9-13(10-8-12)24-11-3-6-16(22)20-18-21-17-14(19)4-2-5-15(17)25-18/h2,4-5,7-10H,3,6,11H2,1H3,(H,20,21,22). The number of benzene rings is 2. The Morgan fingerprint density at radius 3 is 2.80 bits per heavy atom. The number of hydrogen-bond donors (Lipinski definition) is 1. The second-order valence-corrected chi connectivity index (χ2v) is 7.48.